The van der Waals surface area contributed by atoms with Gasteiger partial charge < -0.3 is 4.90 Å². The van der Waals surface area contributed by atoms with Crippen LogP contribution in [0.4, 0.5) is 17.1 Å². The third kappa shape index (κ3) is 5.79. The van der Waals surface area contributed by atoms with Crippen molar-refractivity contribution in [1.82, 2.24) is 0 Å². The Labute approximate surface area is 325 Å². The van der Waals surface area contributed by atoms with Crippen molar-refractivity contribution in [2.24, 2.45) is 0 Å². The van der Waals surface area contributed by atoms with Crippen LogP contribution in [0.25, 0.3) is 55.6 Å². The second kappa shape index (κ2) is 14.1. The van der Waals surface area contributed by atoms with E-state index >= 15 is 0 Å². The van der Waals surface area contributed by atoms with Crippen molar-refractivity contribution < 1.29 is 0 Å². The Kier molecular flexibility index (Phi) is 8.49. The summed E-state index contributed by atoms with van der Waals surface area (Å²) in [5, 5.41) is 0. The minimum absolute atomic E-state index is 0.119. The first-order valence-corrected chi connectivity index (χ1v) is 19.8. The van der Waals surface area contributed by atoms with Gasteiger partial charge in [-0.3, -0.25) is 0 Å². The van der Waals surface area contributed by atoms with E-state index in [1.54, 1.807) is 0 Å². The molecule has 2 aliphatic carbocycles. The van der Waals surface area contributed by atoms with Gasteiger partial charge in [-0.1, -0.05) is 189 Å². The zero-order valence-corrected chi connectivity index (χ0v) is 31.0. The highest BCUT2D eigenvalue weighted by atomic mass is 15.1. The van der Waals surface area contributed by atoms with Crippen molar-refractivity contribution in [2.45, 2.75) is 37.5 Å². The van der Waals surface area contributed by atoms with Gasteiger partial charge >= 0.3 is 0 Å². The van der Waals surface area contributed by atoms with Crippen LogP contribution in [0.15, 0.2) is 200 Å². The molecule has 0 aromatic heterocycles. The van der Waals surface area contributed by atoms with Gasteiger partial charge in [0.1, 0.15) is 0 Å². The molecule has 2 aliphatic rings. The Balaban J connectivity index is 1.17. The molecule has 1 nitrogen and oxygen atoms in total. The molecular weight excluding hydrogens is 663 g/mol. The summed E-state index contributed by atoms with van der Waals surface area (Å²) < 4.78 is 0. The molecule has 1 fully saturated rings. The van der Waals surface area contributed by atoms with Crippen molar-refractivity contribution in [3.05, 3.63) is 211 Å². The van der Waals surface area contributed by atoms with Crippen molar-refractivity contribution in [1.29, 1.82) is 0 Å². The fourth-order valence-corrected chi connectivity index (χ4v) is 9.58. The van der Waals surface area contributed by atoms with Gasteiger partial charge in [-0.15, -0.1) is 0 Å². The van der Waals surface area contributed by atoms with E-state index in [1.807, 2.05) is 0 Å². The molecule has 264 valence electrons. The standard InChI is InChI=1S/C54H43N/c1-4-18-39(19-5-1)40-30-32-42(33-31-40)55(43-34-35-52-50(38-43)48-26-12-14-28-51(48)54(52)36-16-3-17-37-54)53-29-15-13-27-49(53)47-25-11-10-24-46(47)45-23-9-8-22-44(45)41-20-6-2-7-21-41/h1-2,4-15,18-35,38H,3,16-17,36-37H2. The van der Waals surface area contributed by atoms with Crippen LogP contribution >= 0.6 is 0 Å². The molecule has 8 aromatic carbocycles. The molecule has 0 amide bonds. The molecule has 0 unspecified atom stereocenters. The van der Waals surface area contributed by atoms with Gasteiger partial charge in [-0.25, -0.2) is 0 Å². The predicted molar refractivity (Wildman–Crippen MR) is 232 cm³/mol. The van der Waals surface area contributed by atoms with Crippen LogP contribution in [0, 0.1) is 0 Å². The second-order valence-electron chi connectivity index (χ2n) is 15.1. The Hall–Kier alpha value is -6.44. The summed E-state index contributed by atoms with van der Waals surface area (Å²) in [6.45, 7) is 0. The van der Waals surface area contributed by atoms with Crippen LogP contribution in [-0.4, -0.2) is 0 Å². The van der Waals surface area contributed by atoms with Crippen molar-refractivity contribution >= 4 is 17.1 Å². The number of rotatable bonds is 7. The molecule has 0 aliphatic heterocycles. The summed E-state index contributed by atoms with van der Waals surface area (Å²) in [5.74, 6) is 0. The minimum atomic E-state index is 0.119. The van der Waals surface area contributed by atoms with Gasteiger partial charge in [-0.2, -0.15) is 0 Å². The zero-order chi connectivity index (χ0) is 36.6. The Morgan fingerprint density at radius 3 is 1.47 bits per heavy atom. The van der Waals surface area contributed by atoms with Gasteiger partial charge in [0.05, 0.1) is 5.69 Å². The molecule has 0 bridgehead atoms. The number of fused-ring (bicyclic) bond motifs is 5. The lowest BCUT2D eigenvalue weighted by atomic mass is 9.68. The number of para-hydroxylation sites is 1. The van der Waals surface area contributed by atoms with E-state index in [9.17, 15) is 0 Å². The fraction of sp³-hybridized carbons (Fsp3) is 0.111. The molecule has 0 N–H and O–H groups in total. The Morgan fingerprint density at radius 2 is 0.782 bits per heavy atom. The summed E-state index contributed by atoms with van der Waals surface area (Å²) in [4.78, 5) is 2.48. The van der Waals surface area contributed by atoms with E-state index in [1.165, 1.54) is 105 Å². The second-order valence-corrected chi connectivity index (χ2v) is 15.1. The first-order chi connectivity index (χ1) is 27.3. The Bertz CT molecular complexity index is 2610. The van der Waals surface area contributed by atoms with E-state index in [0.717, 1.165) is 11.4 Å². The van der Waals surface area contributed by atoms with E-state index in [2.05, 4.69) is 205 Å². The van der Waals surface area contributed by atoms with E-state index < -0.39 is 0 Å². The van der Waals surface area contributed by atoms with Crippen LogP contribution in [0.1, 0.15) is 43.2 Å². The average Bonchev–Trinajstić information content (AvgIpc) is 3.53. The summed E-state index contributed by atoms with van der Waals surface area (Å²) in [5.41, 5.74) is 19.1. The van der Waals surface area contributed by atoms with Crippen LogP contribution in [0.5, 0.6) is 0 Å². The number of hydrogen-bond acceptors (Lipinski definition) is 1. The third-order valence-electron chi connectivity index (χ3n) is 12.1. The molecular formula is C54H43N. The van der Waals surface area contributed by atoms with Crippen LogP contribution in [-0.2, 0) is 5.41 Å². The van der Waals surface area contributed by atoms with Gasteiger partial charge in [0.2, 0.25) is 0 Å². The molecule has 0 heterocycles. The summed E-state index contributed by atoms with van der Waals surface area (Å²) >= 11 is 0. The molecule has 0 atom stereocenters. The Morgan fingerprint density at radius 1 is 0.309 bits per heavy atom. The lowest BCUT2D eigenvalue weighted by Crippen LogP contribution is -2.28. The lowest BCUT2D eigenvalue weighted by Gasteiger charge is -2.36. The first-order valence-electron chi connectivity index (χ1n) is 19.8. The van der Waals surface area contributed by atoms with Crippen molar-refractivity contribution in [3.8, 4) is 55.6 Å². The summed E-state index contributed by atoms with van der Waals surface area (Å²) in [7, 11) is 0. The van der Waals surface area contributed by atoms with Gasteiger partial charge in [0, 0.05) is 22.4 Å². The maximum atomic E-state index is 2.48. The van der Waals surface area contributed by atoms with Gasteiger partial charge in [-0.05, 0) is 104 Å². The molecule has 55 heavy (non-hydrogen) atoms. The molecule has 8 aromatic rings. The largest absolute Gasteiger partial charge is 0.310 e. The third-order valence-corrected chi connectivity index (χ3v) is 12.1. The highest BCUT2D eigenvalue weighted by Crippen LogP contribution is 2.57. The van der Waals surface area contributed by atoms with E-state index in [4.69, 9.17) is 0 Å². The van der Waals surface area contributed by atoms with E-state index in [-0.39, 0.29) is 5.41 Å². The highest BCUT2D eigenvalue weighted by Gasteiger charge is 2.43. The predicted octanol–water partition coefficient (Wildman–Crippen LogP) is 15.1. The number of benzene rings is 8. The maximum Gasteiger partial charge on any atom is 0.0540 e. The van der Waals surface area contributed by atoms with Gasteiger partial charge in [0.25, 0.3) is 0 Å². The smallest absolute Gasteiger partial charge is 0.0540 e. The fourth-order valence-electron chi connectivity index (χ4n) is 9.58. The zero-order valence-electron chi connectivity index (χ0n) is 31.0. The monoisotopic (exact) mass is 705 g/mol. The molecule has 1 spiro atoms. The minimum Gasteiger partial charge on any atom is -0.310 e. The summed E-state index contributed by atoms with van der Waals surface area (Å²) in [6.07, 6.45) is 6.36. The molecule has 10 rings (SSSR count). The van der Waals surface area contributed by atoms with Gasteiger partial charge in [0.15, 0.2) is 0 Å². The normalized spacial score (nSPS) is 14.0. The van der Waals surface area contributed by atoms with Crippen LogP contribution < -0.4 is 4.90 Å². The topological polar surface area (TPSA) is 3.24 Å². The highest BCUT2D eigenvalue weighted by molar-refractivity contribution is 5.98. The molecule has 0 saturated heterocycles. The average molecular weight is 706 g/mol. The molecule has 1 saturated carbocycles. The van der Waals surface area contributed by atoms with Crippen LogP contribution in [0.3, 0.4) is 0 Å². The molecule has 1 heteroatoms. The molecule has 0 radical (unpaired) electrons. The lowest BCUT2D eigenvalue weighted by molar-refractivity contribution is 0.353. The quantitative estimate of drug-likeness (QED) is 0.160. The number of anilines is 3. The van der Waals surface area contributed by atoms with Crippen LogP contribution in [0.2, 0.25) is 0 Å². The maximum absolute atomic E-state index is 2.48. The number of nitrogens with zero attached hydrogens (tertiary/aromatic N) is 1. The summed E-state index contributed by atoms with van der Waals surface area (Å²) in [6, 6.07) is 73.8. The SMILES string of the molecule is c1ccc(-c2ccc(N(c3ccc4c(c3)-c3ccccc3C43CCCCC3)c3ccccc3-c3ccccc3-c3ccccc3-c3ccccc3)cc2)cc1. The van der Waals surface area contributed by atoms with Crippen molar-refractivity contribution in [2.75, 3.05) is 4.90 Å². The number of hydrogen-bond donors (Lipinski definition) is 0. The van der Waals surface area contributed by atoms with E-state index in [0.29, 0.717) is 0 Å². The first kappa shape index (κ1) is 33.2. The van der Waals surface area contributed by atoms with Crippen molar-refractivity contribution in [3.63, 3.8) is 0 Å².